The molecule has 9 nitrogen and oxygen atoms in total. The van der Waals surface area contributed by atoms with Gasteiger partial charge >= 0.3 is 11.8 Å². The Morgan fingerprint density at radius 3 is 2.79 bits per heavy atom. The summed E-state index contributed by atoms with van der Waals surface area (Å²) in [4.78, 5) is 16.8. The van der Waals surface area contributed by atoms with Gasteiger partial charge in [0, 0.05) is 25.8 Å². The second-order valence-corrected chi connectivity index (χ2v) is 8.74. The molecule has 0 atom stereocenters. The molecule has 1 aliphatic rings. The standard InChI is InChI=1S/C19H21N5O4S/c1-13-5-4-6-14(9-13)11-21-29(26,27)15-10-16(20-12-15)17-22-23-18(28-17)19(25)24-7-2-3-8-24/h4-6,9-10,12,20-21H,2-3,7-8,11H2,1H3. The molecule has 10 heteroatoms. The predicted octanol–water partition coefficient (Wildman–Crippen LogP) is 2.09. The average Bonchev–Trinajstić information content (AvgIpc) is 3.47. The van der Waals surface area contributed by atoms with Crippen LogP contribution in [0, 0.1) is 6.92 Å². The van der Waals surface area contributed by atoms with Crippen LogP contribution in [0.15, 0.2) is 45.8 Å². The van der Waals surface area contributed by atoms with Crippen molar-refractivity contribution in [2.45, 2.75) is 31.2 Å². The topological polar surface area (TPSA) is 121 Å². The van der Waals surface area contributed by atoms with E-state index in [4.69, 9.17) is 4.42 Å². The lowest BCUT2D eigenvalue weighted by molar-refractivity contribution is 0.0754. The maximum absolute atomic E-state index is 12.6. The van der Waals surface area contributed by atoms with Gasteiger partial charge in [-0.2, -0.15) is 0 Å². The smallest absolute Gasteiger partial charge is 0.311 e. The minimum atomic E-state index is -3.73. The molecule has 1 amide bonds. The molecule has 3 aromatic rings. The number of sulfonamides is 1. The summed E-state index contributed by atoms with van der Waals surface area (Å²) >= 11 is 0. The number of amides is 1. The molecule has 3 heterocycles. The zero-order chi connectivity index (χ0) is 20.4. The largest absolute Gasteiger partial charge is 0.411 e. The van der Waals surface area contributed by atoms with Crippen molar-refractivity contribution in [2.75, 3.05) is 13.1 Å². The normalized spacial score (nSPS) is 14.4. The SMILES string of the molecule is Cc1cccc(CNS(=O)(=O)c2c[nH]c(-c3nnc(C(=O)N4CCCC4)o3)c2)c1. The van der Waals surface area contributed by atoms with Crippen molar-refractivity contribution in [1.82, 2.24) is 24.8 Å². The molecule has 4 rings (SSSR count). The summed E-state index contributed by atoms with van der Waals surface area (Å²) in [5.74, 6) is -0.341. The minimum Gasteiger partial charge on any atom is -0.411 e. The number of carbonyl (C=O) groups excluding carboxylic acids is 1. The highest BCUT2D eigenvalue weighted by atomic mass is 32.2. The van der Waals surface area contributed by atoms with Gasteiger partial charge in [0.2, 0.25) is 10.0 Å². The Morgan fingerprint density at radius 1 is 1.24 bits per heavy atom. The number of benzene rings is 1. The number of aromatic amines is 1. The first-order chi connectivity index (χ1) is 13.9. The quantitative estimate of drug-likeness (QED) is 0.636. The lowest BCUT2D eigenvalue weighted by atomic mass is 10.1. The third kappa shape index (κ3) is 4.22. The second kappa shape index (κ2) is 7.80. The lowest BCUT2D eigenvalue weighted by Crippen LogP contribution is -2.27. The van der Waals surface area contributed by atoms with Crippen molar-refractivity contribution in [3.05, 3.63) is 53.5 Å². The molecule has 1 aromatic carbocycles. The van der Waals surface area contributed by atoms with E-state index in [0.29, 0.717) is 18.8 Å². The Hall–Kier alpha value is -2.98. The van der Waals surface area contributed by atoms with Crippen molar-refractivity contribution in [3.63, 3.8) is 0 Å². The maximum atomic E-state index is 12.6. The van der Waals surface area contributed by atoms with Gasteiger partial charge in [0.25, 0.3) is 5.89 Å². The van der Waals surface area contributed by atoms with Crippen molar-refractivity contribution < 1.29 is 17.6 Å². The highest BCUT2D eigenvalue weighted by Crippen LogP contribution is 2.22. The van der Waals surface area contributed by atoms with Gasteiger partial charge in [-0.25, -0.2) is 13.1 Å². The molecule has 0 saturated carbocycles. The van der Waals surface area contributed by atoms with E-state index in [9.17, 15) is 13.2 Å². The monoisotopic (exact) mass is 415 g/mol. The van der Waals surface area contributed by atoms with E-state index in [0.717, 1.165) is 24.0 Å². The highest BCUT2D eigenvalue weighted by Gasteiger charge is 2.25. The first-order valence-corrected chi connectivity index (χ1v) is 10.8. The Kier molecular flexibility index (Phi) is 5.20. The number of hydrogen-bond acceptors (Lipinski definition) is 6. The van der Waals surface area contributed by atoms with E-state index in [-0.39, 0.29) is 29.1 Å². The van der Waals surface area contributed by atoms with Crippen LogP contribution in [-0.4, -0.2) is 47.5 Å². The van der Waals surface area contributed by atoms with Gasteiger partial charge in [-0.05, 0) is 31.4 Å². The molecule has 0 radical (unpaired) electrons. The van der Waals surface area contributed by atoms with Crippen LogP contribution < -0.4 is 4.72 Å². The molecule has 1 saturated heterocycles. The molecule has 1 aliphatic heterocycles. The summed E-state index contributed by atoms with van der Waals surface area (Å²) in [6.45, 7) is 3.48. The Morgan fingerprint density at radius 2 is 2.03 bits per heavy atom. The Balaban J connectivity index is 1.47. The van der Waals surface area contributed by atoms with Crippen LogP contribution in [0.25, 0.3) is 11.6 Å². The molecular weight excluding hydrogens is 394 g/mol. The van der Waals surface area contributed by atoms with E-state index >= 15 is 0 Å². The zero-order valence-corrected chi connectivity index (χ0v) is 16.7. The molecule has 2 N–H and O–H groups in total. The van der Waals surface area contributed by atoms with Crippen LogP contribution in [0.3, 0.4) is 0 Å². The number of aryl methyl sites for hydroxylation is 1. The molecule has 2 aromatic heterocycles. The van der Waals surface area contributed by atoms with Gasteiger partial charge < -0.3 is 14.3 Å². The third-order valence-corrected chi connectivity index (χ3v) is 6.13. The molecule has 29 heavy (non-hydrogen) atoms. The van der Waals surface area contributed by atoms with Gasteiger partial charge in [0.15, 0.2) is 0 Å². The van der Waals surface area contributed by atoms with Gasteiger partial charge in [0.1, 0.15) is 10.6 Å². The van der Waals surface area contributed by atoms with Gasteiger partial charge in [-0.1, -0.05) is 29.8 Å². The number of rotatable bonds is 6. The number of likely N-dealkylation sites (tertiary alicyclic amines) is 1. The number of nitrogens with one attached hydrogen (secondary N) is 2. The lowest BCUT2D eigenvalue weighted by Gasteiger charge is -2.11. The van der Waals surface area contributed by atoms with E-state index in [1.54, 1.807) is 4.90 Å². The number of aromatic nitrogens is 3. The molecule has 0 bridgehead atoms. The van der Waals surface area contributed by atoms with E-state index in [2.05, 4.69) is 19.9 Å². The molecular formula is C19H21N5O4S. The van der Waals surface area contributed by atoms with Crippen molar-refractivity contribution in [1.29, 1.82) is 0 Å². The van der Waals surface area contributed by atoms with Gasteiger partial charge in [-0.3, -0.25) is 4.79 Å². The summed E-state index contributed by atoms with van der Waals surface area (Å²) in [6.07, 6.45) is 3.26. The number of carbonyl (C=O) groups is 1. The van der Waals surface area contributed by atoms with Crippen LogP contribution in [0.2, 0.25) is 0 Å². The van der Waals surface area contributed by atoms with Crippen molar-refractivity contribution >= 4 is 15.9 Å². The minimum absolute atomic E-state index is 0.0470. The van der Waals surface area contributed by atoms with Gasteiger partial charge in [-0.15, -0.1) is 10.2 Å². The van der Waals surface area contributed by atoms with E-state index in [1.165, 1.54) is 12.3 Å². The second-order valence-electron chi connectivity index (χ2n) is 6.97. The van der Waals surface area contributed by atoms with Crippen LogP contribution in [-0.2, 0) is 16.6 Å². The molecule has 0 spiro atoms. The summed E-state index contributed by atoms with van der Waals surface area (Å²) in [7, 11) is -3.73. The number of hydrogen-bond donors (Lipinski definition) is 2. The van der Waals surface area contributed by atoms with Crippen LogP contribution >= 0.6 is 0 Å². The van der Waals surface area contributed by atoms with Crippen LogP contribution in [0.4, 0.5) is 0 Å². The maximum Gasteiger partial charge on any atom is 0.311 e. The molecule has 1 fully saturated rings. The van der Waals surface area contributed by atoms with Crippen molar-refractivity contribution in [3.8, 4) is 11.6 Å². The summed E-state index contributed by atoms with van der Waals surface area (Å²) in [5, 5.41) is 7.67. The van der Waals surface area contributed by atoms with Crippen molar-refractivity contribution in [2.24, 2.45) is 0 Å². The molecule has 0 unspecified atom stereocenters. The molecule has 152 valence electrons. The zero-order valence-electron chi connectivity index (χ0n) is 15.9. The fraction of sp³-hybridized carbons (Fsp3) is 0.316. The first-order valence-electron chi connectivity index (χ1n) is 9.29. The summed E-state index contributed by atoms with van der Waals surface area (Å²) in [5.41, 5.74) is 2.25. The summed E-state index contributed by atoms with van der Waals surface area (Å²) < 4.78 is 33.1. The third-order valence-electron chi connectivity index (χ3n) is 4.75. The predicted molar refractivity (Wildman–Crippen MR) is 104 cm³/mol. The van der Waals surface area contributed by atoms with Crippen LogP contribution in [0.1, 0.15) is 34.7 Å². The number of nitrogens with zero attached hydrogens (tertiary/aromatic N) is 3. The fourth-order valence-corrected chi connectivity index (χ4v) is 4.22. The highest BCUT2D eigenvalue weighted by molar-refractivity contribution is 7.89. The average molecular weight is 415 g/mol. The van der Waals surface area contributed by atoms with Gasteiger partial charge in [0.05, 0.1) is 0 Å². The fourth-order valence-electron chi connectivity index (χ4n) is 3.21. The first kappa shape index (κ1) is 19.3. The molecule has 0 aliphatic carbocycles. The summed E-state index contributed by atoms with van der Waals surface area (Å²) in [6, 6.07) is 9.00. The van der Waals surface area contributed by atoms with Crippen LogP contribution in [0.5, 0.6) is 0 Å². The Labute approximate surface area is 168 Å². The van der Waals surface area contributed by atoms with E-state index in [1.807, 2.05) is 31.2 Å². The van der Waals surface area contributed by atoms with E-state index < -0.39 is 10.0 Å². The number of H-pyrrole nitrogens is 1. The Bertz CT molecular complexity index is 1130.